The van der Waals surface area contributed by atoms with E-state index in [-0.39, 0.29) is 0 Å². The lowest BCUT2D eigenvalue weighted by molar-refractivity contribution is 0.722. The van der Waals surface area contributed by atoms with Crippen LogP contribution in [-0.2, 0) is 6.42 Å². The van der Waals surface area contributed by atoms with Crippen LogP contribution in [0.3, 0.4) is 0 Å². The highest BCUT2D eigenvalue weighted by Gasteiger charge is 2.27. The summed E-state index contributed by atoms with van der Waals surface area (Å²) in [5.41, 5.74) is 8.07. The second-order valence-corrected chi connectivity index (χ2v) is 12.1. The lowest BCUT2D eigenvalue weighted by atomic mass is 9.87. The van der Waals surface area contributed by atoms with E-state index in [9.17, 15) is 0 Å². The average Bonchev–Trinajstić information content (AvgIpc) is 3.57. The standard InChI is InChI=1S/C37H25N3S/c1-22-19-20-24-28(21-22)36-33(27-15-7-10-18-31(27)41-36)32-26-14-6-9-17-30(26)40(35(24)32)37-38-29-16-8-5-13-25(29)34(39-37)23-11-3-2-4-12-23/h2-20,22H,21H2,1H3. The van der Waals surface area contributed by atoms with E-state index in [1.165, 1.54) is 47.6 Å². The van der Waals surface area contributed by atoms with Gasteiger partial charge in [0.25, 0.3) is 0 Å². The Morgan fingerprint density at radius 2 is 1.46 bits per heavy atom. The number of thiophene rings is 1. The van der Waals surface area contributed by atoms with Gasteiger partial charge in [-0.1, -0.05) is 104 Å². The van der Waals surface area contributed by atoms with Crippen molar-refractivity contribution in [3.05, 3.63) is 120 Å². The summed E-state index contributed by atoms with van der Waals surface area (Å²) in [7, 11) is 0. The quantitative estimate of drug-likeness (QED) is 0.217. The highest BCUT2D eigenvalue weighted by Crippen LogP contribution is 2.48. The fourth-order valence-electron chi connectivity index (χ4n) is 6.74. The summed E-state index contributed by atoms with van der Waals surface area (Å²) in [6, 6.07) is 36.5. The first-order valence-electron chi connectivity index (χ1n) is 14.2. The Balaban J connectivity index is 1.51. The average molecular weight is 544 g/mol. The molecule has 0 saturated carbocycles. The van der Waals surface area contributed by atoms with E-state index in [1.807, 2.05) is 11.3 Å². The third-order valence-electron chi connectivity index (χ3n) is 8.53. The predicted molar refractivity (Wildman–Crippen MR) is 174 cm³/mol. The number of benzene rings is 5. The highest BCUT2D eigenvalue weighted by atomic mass is 32.1. The number of allylic oxidation sites excluding steroid dienone is 1. The first kappa shape index (κ1) is 23.0. The Hall–Kier alpha value is -4.80. The van der Waals surface area contributed by atoms with Crippen LogP contribution in [0.15, 0.2) is 109 Å². The van der Waals surface area contributed by atoms with Crippen molar-refractivity contribution in [2.75, 3.05) is 0 Å². The van der Waals surface area contributed by atoms with Crippen LogP contribution in [0.2, 0.25) is 0 Å². The van der Waals surface area contributed by atoms with Gasteiger partial charge in [0.1, 0.15) is 0 Å². The van der Waals surface area contributed by atoms with Crippen molar-refractivity contribution in [3.63, 3.8) is 0 Å². The van der Waals surface area contributed by atoms with Gasteiger partial charge in [-0.15, -0.1) is 11.3 Å². The molecule has 0 radical (unpaired) electrons. The van der Waals surface area contributed by atoms with E-state index in [2.05, 4.69) is 127 Å². The van der Waals surface area contributed by atoms with Gasteiger partial charge in [-0.2, -0.15) is 0 Å². The van der Waals surface area contributed by atoms with Crippen molar-refractivity contribution in [3.8, 4) is 17.2 Å². The number of para-hydroxylation sites is 2. The molecule has 3 aromatic heterocycles. The van der Waals surface area contributed by atoms with Crippen LogP contribution in [0.25, 0.3) is 76.2 Å². The molecule has 0 N–H and O–H groups in total. The van der Waals surface area contributed by atoms with Gasteiger partial charge >= 0.3 is 0 Å². The smallest absolute Gasteiger partial charge is 0.235 e. The Morgan fingerprint density at radius 3 is 2.34 bits per heavy atom. The van der Waals surface area contributed by atoms with Crippen molar-refractivity contribution >= 4 is 70.3 Å². The van der Waals surface area contributed by atoms with E-state index in [0.29, 0.717) is 11.9 Å². The second-order valence-electron chi connectivity index (χ2n) is 11.1. The summed E-state index contributed by atoms with van der Waals surface area (Å²) in [6.07, 6.45) is 5.74. The molecule has 3 heterocycles. The molecular formula is C37H25N3S. The molecule has 194 valence electrons. The zero-order valence-electron chi connectivity index (χ0n) is 22.5. The Kier molecular flexibility index (Phi) is 4.81. The summed E-state index contributed by atoms with van der Waals surface area (Å²) in [6.45, 7) is 2.32. The summed E-state index contributed by atoms with van der Waals surface area (Å²) in [4.78, 5) is 10.6. The number of hydrogen-bond acceptors (Lipinski definition) is 3. The molecule has 0 amide bonds. The molecule has 4 heteroatoms. The molecular weight excluding hydrogens is 518 g/mol. The molecule has 0 bridgehead atoms. The third-order valence-corrected chi connectivity index (χ3v) is 9.76. The molecule has 5 aromatic carbocycles. The molecule has 3 nitrogen and oxygen atoms in total. The lowest BCUT2D eigenvalue weighted by Crippen LogP contribution is -2.08. The SMILES string of the molecule is CC1C=Cc2c(c3sc4ccccc4c3c3c4ccccc4n(-c4nc(-c5ccccc5)c5ccccc5n4)c23)C1. The molecule has 1 unspecified atom stereocenters. The Labute approximate surface area is 241 Å². The Bertz CT molecular complexity index is 2360. The van der Waals surface area contributed by atoms with Crippen LogP contribution < -0.4 is 0 Å². The van der Waals surface area contributed by atoms with Gasteiger partial charge in [0.2, 0.25) is 5.95 Å². The molecule has 0 saturated heterocycles. The first-order chi connectivity index (χ1) is 20.3. The molecule has 1 atom stereocenters. The zero-order valence-corrected chi connectivity index (χ0v) is 23.3. The minimum Gasteiger partial charge on any atom is -0.277 e. The minimum absolute atomic E-state index is 0.493. The van der Waals surface area contributed by atoms with Crippen molar-refractivity contribution in [1.82, 2.24) is 14.5 Å². The van der Waals surface area contributed by atoms with Gasteiger partial charge in [-0.3, -0.25) is 4.57 Å². The lowest BCUT2D eigenvalue weighted by Gasteiger charge is -2.20. The van der Waals surface area contributed by atoms with Gasteiger partial charge < -0.3 is 0 Å². The zero-order chi connectivity index (χ0) is 27.1. The number of fused-ring (bicyclic) bond motifs is 11. The monoisotopic (exact) mass is 543 g/mol. The van der Waals surface area contributed by atoms with Crippen molar-refractivity contribution < 1.29 is 0 Å². The Morgan fingerprint density at radius 1 is 0.732 bits per heavy atom. The molecule has 8 aromatic rings. The fourth-order valence-corrected chi connectivity index (χ4v) is 8.02. The fraction of sp³-hybridized carbons (Fsp3) is 0.0811. The minimum atomic E-state index is 0.493. The van der Waals surface area contributed by atoms with Gasteiger partial charge in [0, 0.05) is 47.5 Å². The van der Waals surface area contributed by atoms with Crippen LogP contribution in [-0.4, -0.2) is 14.5 Å². The molecule has 0 spiro atoms. The van der Waals surface area contributed by atoms with Crippen molar-refractivity contribution in [2.24, 2.45) is 5.92 Å². The van der Waals surface area contributed by atoms with Crippen molar-refractivity contribution in [1.29, 1.82) is 0 Å². The van der Waals surface area contributed by atoms with E-state index >= 15 is 0 Å². The van der Waals surface area contributed by atoms with Gasteiger partial charge in [0.15, 0.2) is 0 Å². The second kappa shape index (κ2) is 8.60. The van der Waals surface area contributed by atoms with Crippen LogP contribution in [0, 0.1) is 5.92 Å². The van der Waals surface area contributed by atoms with Crippen LogP contribution in [0.4, 0.5) is 0 Å². The largest absolute Gasteiger partial charge is 0.277 e. The first-order valence-corrected chi connectivity index (χ1v) is 15.0. The summed E-state index contributed by atoms with van der Waals surface area (Å²) < 4.78 is 5.08. The number of aromatic nitrogens is 3. The predicted octanol–water partition coefficient (Wildman–Crippen LogP) is 9.97. The van der Waals surface area contributed by atoms with Crippen LogP contribution in [0.5, 0.6) is 0 Å². The maximum absolute atomic E-state index is 5.34. The molecule has 0 aliphatic heterocycles. The van der Waals surface area contributed by atoms with E-state index in [4.69, 9.17) is 9.97 Å². The van der Waals surface area contributed by atoms with Crippen LogP contribution >= 0.6 is 11.3 Å². The number of nitrogens with zero attached hydrogens (tertiary/aromatic N) is 3. The van der Waals surface area contributed by atoms with Crippen molar-refractivity contribution in [2.45, 2.75) is 13.3 Å². The molecule has 0 fully saturated rings. The maximum atomic E-state index is 5.34. The maximum Gasteiger partial charge on any atom is 0.235 e. The molecule has 9 rings (SSSR count). The van der Waals surface area contributed by atoms with Gasteiger partial charge in [-0.05, 0) is 36.1 Å². The highest BCUT2D eigenvalue weighted by molar-refractivity contribution is 7.26. The van der Waals surface area contributed by atoms with E-state index < -0.39 is 0 Å². The third kappa shape index (κ3) is 3.25. The van der Waals surface area contributed by atoms with Gasteiger partial charge in [-0.25, -0.2) is 9.97 Å². The molecule has 41 heavy (non-hydrogen) atoms. The number of rotatable bonds is 2. The molecule has 1 aliphatic carbocycles. The summed E-state index contributed by atoms with van der Waals surface area (Å²) >= 11 is 1.93. The van der Waals surface area contributed by atoms with Crippen LogP contribution in [0.1, 0.15) is 18.1 Å². The van der Waals surface area contributed by atoms with E-state index in [0.717, 1.165) is 34.1 Å². The number of hydrogen-bond donors (Lipinski definition) is 0. The molecule has 1 aliphatic rings. The van der Waals surface area contributed by atoms with E-state index in [1.54, 1.807) is 0 Å². The topological polar surface area (TPSA) is 30.7 Å². The van der Waals surface area contributed by atoms with Gasteiger partial charge in [0.05, 0.1) is 22.2 Å². The summed E-state index contributed by atoms with van der Waals surface area (Å²) in [5, 5.41) is 6.29. The summed E-state index contributed by atoms with van der Waals surface area (Å²) in [5.74, 6) is 1.20. The normalized spacial score (nSPS) is 15.0.